The zero-order valence-corrected chi connectivity index (χ0v) is 12.9. The molecule has 0 bridgehead atoms. The highest BCUT2D eigenvalue weighted by molar-refractivity contribution is 5.75. The molecule has 1 aliphatic rings. The van der Waals surface area contributed by atoms with Crippen LogP contribution in [0.2, 0.25) is 0 Å². The summed E-state index contributed by atoms with van der Waals surface area (Å²) in [4.78, 5) is 22.1. The van der Waals surface area contributed by atoms with Gasteiger partial charge in [-0.3, -0.25) is 4.79 Å². The Hall–Kier alpha value is -1.06. The minimum atomic E-state index is -1.32. The van der Waals surface area contributed by atoms with Crippen molar-refractivity contribution in [3.05, 3.63) is 0 Å². The van der Waals surface area contributed by atoms with E-state index in [9.17, 15) is 19.8 Å². The van der Waals surface area contributed by atoms with E-state index in [-0.39, 0.29) is 12.4 Å². The van der Waals surface area contributed by atoms with E-state index in [1.54, 1.807) is 0 Å². The Labute approximate surface area is 129 Å². The number of hydrogen-bond donors (Lipinski definition) is 4. The molecule has 0 spiro atoms. The van der Waals surface area contributed by atoms with Gasteiger partial charge in [0.05, 0.1) is 6.61 Å². The topological polar surface area (TPSA) is 125 Å². The third kappa shape index (κ3) is 5.62. The maximum Gasteiger partial charge on any atom is 0.217 e. The summed E-state index contributed by atoms with van der Waals surface area (Å²) in [7, 11) is 0. The molecule has 8 heteroatoms. The van der Waals surface area contributed by atoms with Crippen LogP contribution in [0.4, 0.5) is 0 Å². The van der Waals surface area contributed by atoms with Crippen LogP contribution < -0.4 is 5.32 Å². The summed E-state index contributed by atoms with van der Waals surface area (Å²) in [6.07, 6.45) is -2.84. The minimum Gasteiger partial charge on any atom is -0.394 e. The molecule has 1 saturated heterocycles. The molecule has 1 heterocycles. The minimum absolute atomic E-state index is 0.101. The Kier molecular flexibility index (Phi) is 7.91. The van der Waals surface area contributed by atoms with Gasteiger partial charge in [0.2, 0.25) is 5.91 Å². The largest absolute Gasteiger partial charge is 0.394 e. The van der Waals surface area contributed by atoms with E-state index in [2.05, 4.69) is 5.32 Å². The van der Waals surface area contributed by atoms with Crippen LogP contribution in [0.25, 0.3) is 0 Å². The first-order chi connectivity index (χ1) is 10.4. The van der Waals surface area contributed by atoms with Crippen molar-refractivity contribution >= 4 is 11.7 Å². The Balaban J connectivity index is 2.57. The summed E-state index contributed by atoms with van der Waals surface area (Å²) in [6, 6.07) is -0.928. The average Bonchev–Trinajstić information content (AvgIpc) is 2.45. The number of ketones is 1. The molecule has 0 aromatic rings. The van der Waals surface area contributed by atoms with Crippen LogP contribution in [-0.2, 0) is 19.1 Å². The summed E-state index contributed by atoms with van der Waals surface area (Å²) >= 11 is 0. The number of amides is 1. The Morgan fingerprint density at radius 2 is 1.86 bits per heavy atom. The van der Waals surface area contributed by atoms with Crippen molar-refractivity contribution in [2.24, 2.45) is 0 Å². The molecule has 0 radical (unpaired) electrons. The number of ether oxygens (including phenoxy) is 2. The molecule has 22 heavy (non-hydrogen) atoms. The van der Waals surface area contributed by atoms with E-state index in [1.807, 2.05) is 0 Å². The molecule has 0 aliphatic carbocycles. The standard InChI is InChI=1S/C14H25NO7/c1-8(17)5-3-4-6-21-14-11(15-9(2)18)13(20)12(19)10(7-16)22-14/h10-14,16,19-20H,3-7H2,1-2H3,(H,15,18)/t10?,11?,12-,13?,14-/m1/s1. The highest BCUT2D eigenvalue weighted by Crippen LogP contribution is 2.22. The van der Waals surface area contributed by atoms with Gasteiger partial charge in [-0.2, -0.15) is 0 Å². The van der Waals surface area contributed by atoms with E-state index in [4.69, 9.17) is 14.6 Å². The monoisotopic (exact) mass is 319 g/mol. The van der Waals surface area contributed by atoms with Gasteiger partial charge < -0.3 is 34.9 Å². The van der Waals surface area contributed by atoms with Crippen LogP contribution in [0.5, 0.6) is 0 Å². The summed E-state index contributed by atoms with van der Waals surface area (Å²) in [6.45, 7) is 2.59. The molecule has 1 rings (SSSR count). The molecule has 4 N–H and O–H groups in total. The quantitative estimate of drug-likeness (QED) is 0.410. The predicted octanol–water partition coefficient (Wildman–Crippen LogP) is -1.29. The van der Waals surface area contributed by atoms with Crippen molar-refractivity contribution in [3.63, 3.8) is 0 Å². The first kappa shape index (κ1) is 19.0. The van der Waals surface area contributed by atoms with Crippen molar-refractivity contribution in [1.29, 1.82) is 0 Å². The molecule has 1 aliphatic heterocycles. The number of carbonyl (C=O) groups is 2. The molecular formula is C14H25NO7. The first-order valence-electron chi connectivity index (χ1n) is 7.37. The second kappa shape index (κ2) is 9.16. The second-order valence-corrected chi connectivity index (χ2v) is 5.46. The summed E-state index contributed by atoms with van der Waals surface area (Å²) in [5.74, 6) is -0.295. The van der Waals surface area contributed by atoms with Gasteiger partial charge in [0.1, 0.15) is 30.1 Å². The SMILES string of the molecule is CC(=O)CCCCO[C@@H]1OC(CO)[C@@H](O)C(O)C1NC(C)=O. The number of unbranched alkanes of at least 4 members (excludes halogenated alkanes) is 1. The van der Waals surface area contributed by atoms with Crippen molar-refractivity contribution in [1.82, 2.24) is 5.32 Å². The lowest BCUT2D eigenvalue weighted by Crippen LogP contribution is -2.64. The lowest BCUT2D eigenvalue weighted by atomic mass is 9.97. The number of aliphatic hydroxyl groups excluding tert-OH is 3. The third-order valence-electron chi connectivity index (χ3n) is 3.46. The summed E-state index contributed by atoms with van der Waals surface area (Å²) < 4.78 is 10.9. The highest BCUT2D eigenvalue weighted by atomic mass is 16.7. The number of carbonyl (C=O) groups excluding carboxylic acids is 2. The van der Waals surface area contributed by atoms with Gasteiger partial charge in [0.15, 0.2) is 6.29 Å². The fraction of sp³-hybridized carbons (Fsp3) is 0.857. The van der Waals surface area contributed by atoms with E-state index in [0.29, 0.717) is 19.3 Å². The van der Waals surface area contributed by atoms with Crippen LogP contribution in [0.1, 0.15) is 33.1 Å². The molecule has 0 saturated carbocycles. The van der Waals surface area contributed by atoms with Crippen molar-refractivity contribution in [2.45, 2.75) is 63.8 Å². The van der Waals surface area contributed by atoms with Crippen LogP contribution in [0.15, 0.2) is 0 Å². The Morgan fingerprint density at radius 3 is 2.41 bits per heavy atom. The molecule has 0 aromatic carbocycles. The number of rotatable bonds is 8. The van der Waals surface area contributed by atoms with Gasteiger partial charge in [0, 0.05) is 20.0 Å². The maximum absolute atomic E-state index is 11.2. The molecular weight excluding hydrogens is 294 g/mol. The molecule has 8 nitrogen and oxygen atoms in total. The van der Waals surface area contributed by atoms with Gasteiger partial charge in [-0.05, 0) is 19.8 Å². The summed E-state index contributed by atoms with van der Waals surface area (Å²) in [5, 5.41) is 31.5. The zero-order chi connectivity index (χ0) is 16.7. The molecule has 128 valence electrons. The van der Waals surface area contributed by atoms with Gasteiger partial charge >= 0.3 is 0 Å². The Bertz CT molecular complexity index is 376. The van der Waals surface area contributed by atoms with Gasteiger partial charge in [0.25, 0.3) is 0 Å². The average molecular weight is 319 g/mol. The van der Waals surface area contributed by atoms with E-state index in [0.717, 1.165) is 0 Å². The molecule has 1 fully saturated rings. The maximum atomic E-state index is 11.2. The predicted molar refractivity (Wildman–Crippen MR) is 75.8 cm³/mol. The van der Waals surface area contributed by atoms with Crippen LogP contribution in [-0.4, -0.2) is 70.9 Å². The van der Waals surface area contributed by atoms with E-state index < -0.39 is 43.2 Å². The zero-order valence-electron chi connectivity index (χ0n) is 12.9. The van der Waals surface area contributed by atoms with Crippen LogP contribution in [0.3, 0.4) is 0 Å². The molecule has 0 aromatic heterocycles. The number of hydrogen-bond acceptors (Lipinski definition) is 7. The van der Waals surface area contributed by atoms with Crippen LogP contribution >= 0.6 is 0 Å². The van der Waals surface area contributed by atoms with Crippen LogP contribution in [0, 0.1) is 0 Å². The van der Waals surface area contributed by atoms with Crippen molar-refractivity contribution < 1.29 is 34.4 Å². The number of aliphatic hydroxyl groups is 3. The lowest BCUT2D eigenvalue weighted by Gasteiger charge is -2.42. The van der Waals surface area contributed by atoms with Gasteiger partial charge in [-0.1, -0.05) is 0 Å². The fourth-order valence-electron chi connectivity index (χ4n) is 2.29. The van der Waals surface area contributed by atoms with Crippen molar-refractivity contribution in [2.75, 3.05) is 13.2 Å². The smallest absolute Gasteiger partial charge is 0.217 e. The van der Waals surface area contributed by atoms with Gasteiger partial charge in [-0.15, -0.1) is 0 Å². The molecule has 1 amide bonds. The lowest BCUT2D eigenvalue weighted by molar-refractivity contribution is -0.270. The third-order valence-corrected chi connectivity index (χ3v) is 3.46. The number of nitrogens with one attached hydrogen (secondary N) is 1. The first-order valence-corrected chi connectivity index (χ1v) is 7.37. The fourth-order valence-corrected chi connectivity index (χ4v) is 2.29. The van der Waals surface area contributed by atoms with Gasteiger partial charge in [-0.25, -0.2) is 0 Å². The second-order valence-electron chi connectivity index (χ2n) is 5.46. The number of Topliss-reactive ketones (excluding diaryl/α,β-unsaturated/α-hetero) is 1. The van der Waals surface area contributed by atoms with Crippen molar-refractivity contribution in [3.8, 4) is 0 Å². The molecule has 5 atom stereocenters. The van der Waals surface area contributed by atoms with E-state index >= 15 is 0 Å². The Morgan fingerprint density at radius 1 is 1.18 bits per heavy atom. The van der Waals surface area contributed by atoms with E-state index in [1.165, 1.54) is 13.8 Å². The highest BCUT2D eigenvalue weighted by Gasteiger charge is 2.45. The summed E-state index contributed by atoms with van der Waals surface area (Å²) in [5.41, 5.74) is 0. The molecule has 3 unspecified atom stereocenters. The normalized spacial score (nSPS) is 31.8.